The van der Waals surface area contributed by atoms with E-state index in [4.69, 9.17) is 9.84 Å². The molecule has 1 aromatic rings. The monoisotopic (exact) mass is 228 g/mol. The molecule has 0 unspecified atom stereocenters. The van der Waals surface area contributed by atoms with Crippen molar-refractivity contribution in [3.8, 4) is 11.5 Å². The number of aliphatic carboxylic acids is 1. The molecule has 0 aliphatic heterocycles. The van der Waals surface area contributed by atoms with Gasteiger partial charge in [-0.25, -0.2) is 9.18 Å². The molecule has 0 heterocycles. The van der Waals surface area contributed by atoms with E-state index in [2.05, 4.69) is 4.74 Å². The van der Waals surface area contributed by atoms with Crippen LogP contribution in [0.25, 0.3) is 0 Å². The number of rotatable bonds is 4. The van der Waals surface area contributed by atoms with Gasteiger partial charge >= 0.3 is 11.9 Å². The Morgan fingerprint density at radius 1 is 1.38 bits per heavy atom. The average molecular weight is 228 g/mol. The molecule has 1 N–H and O–H groups in total. The Morgan fingerprint density at radius 2 is 2.06 bits per heavy atom. The molecule has 0 spiro atoms. The summed E-state index contributed by atoms with van der Waals surface area (Å²) in [6.07, 6.45) is 0. The van der Waals surface area contributed by atoms with Gasteiger partial charge in [-0.15, -0.1) is 0 Å². The van der Waals surface area contributed by atoms with Gasteiger partial charge in [-0.1, -0.05) is 0 Å². The first-order valence-electron chi connectivity index (χ1n) is 4.31. The van der Waals surface area contributed by atoms with E-state index in [1.54, 1.807) is 0 Å². The lowest BCUT2D eigenvalue weighted by Crippen LogP contribution is -2.11. The van der Waals surface area contributed by atoms with Crippen LogP contribution in [0.5, 0.6) is 11.5 Å². The van der Waals surface area contributed by atoms with Gasteiger partial charge in [0.25, 0.3) is 0 Å². The molecule has 0 fully saturated rings. The molecule has 5 nitrogen and oxygen atoms in total. The first-order chi connectivity index (χ1) is 7.49. The summed E-state index contributed by atoms with van der Waals surface area (Å²) >= 11 is 0. The van der Waals surface area contributed by atoms with Gasteiger partial charge in [0.05, 0.1) is 0 Å². The number of ether oxygens (including phenoxy) is 2. The van der Waals surface area contributed by atoms with Gasteiger partial charge in [0.15, 0.2) is 18.1 Å². The van der Waals surface area contributed by atoms with Crippen LogP contribution in [0.1, 0.15) is 6.92 Å². The maximum atomic E-state index is 12.8. The number of carbonyl (C=O) groups is 2. The second kappa shape index (κ2) is 5.11. The number of esters is 1. The summed E-state index contributed by atoms with van der Waals surface area (Å²) in [7, 11) is 0. The van der Waals surface area contributed by atoms with Crippen molar-refractivity contribution in [3.05, 3.63) is 24.0 Å². The van der Waals surface area contributed by atoms with Gasteiger partial charge in [0, 0.05) is 13.0 Å². The van der Waals surface area contributed by atoms with Gasteiger partial charge in [0.2, 0.25) is 0 Å². The molecule has 1 rings (SSSR count). The predicted molar refractivity (Wildman–Crippen MR) is 50.8 cm³/mol. The molecule has 0 amide bonds. The van der Waals surface area contributed by atoms with E-state index in [0.29, 0.717) is 0 Å². The minimum atomic E-state index is -1.18. The average Bonchev–Trinajstić information content (AvgIpc) is 2.15. The fourth-order valence-corrected chi connectivity index (χ4v) is 0.975. The zero-order valence-electron chi connectivity index (χ0n) is 8.40. The number of carboxylic acid groups (broad SMARTS) is 1. The summed E-state index contributed by atoms with van der Waals surface area (Å²) in [5.41, 5.74) is 0. The van der Waals surface area contributed by atoms with Gasteiger partial charge in [-0.05, 0) is 12.1 Å². The predicted octanol–water partition coefficient (Wildman–Crippen LogP) is 1.21. The Balaban J connectivity index is 2.88. The Labute approximate surface area is 90.4 Å². The summed E-state index contributed by atoms with van der Waals surface area (Å²) in [6.45, 7) is 0.547. The highest BCUT2D eigenvalue weighted by Gasteiger charge is 2.10. The van der Waals surface area contributed by atoms with Crippen molar-refractivity contribution >= 4 is 11.9 Å². The molecular weight excluding hydrogens is 219 g/mol. The minimum absolute atomic E-state index is 0.000926. The SMILES string of the molecule is CC(=O)Oc1cc(F)ccc1OCC(=O)O. The molecular formula is C10H9FO5. The Bertz CT molecular complexity index is 416. The van der Waals surface area contributed by atoms with Crippen LogP contribution >= 0.6 is 0 Å². The molecule has 1 aromatic carbocycles. The molecule has 16 heavy (non-hydrogen) atoms. The lowest BCUT2D eigenvalue weighted by Gasteiger charge is -2.08. The highest BCUT2D eigenvalue weighted by molar-refractivity contribution is 5.71. The van der Waals surface area contributed by atoms with E-state index < -0.39 is 24.4 Å². The number of carbonyl (C=O) groups excluding carboxylic acids is 1. The van der Waals surface area contributed by atoms with E-state index >= 15 is 0 Å². The number of benzene rings is 1. The summed E-state index contributed by atoms with van der Waals surface area (Å²) in [4.78, 5) is 21.0. The number of hydrogen-bond donors (Lipinski definition) is 1. The fourth-order valence-electron chi connectivity index (χ4n) is 0.975. The smallest absolute Gasteiger partial charge is 0.341 e. The topological polar surface area (TPSA) is 72.8 Å². The van der Waals surface area contributed by atoms with Crippen molar-refractivity contribution < 1.29 is 28.6 Å². The van der Waals surface area contributed by atoms with Gasteiger partial charge < -0.3 is 14.6 Å². The molecule has 0 saturated heterocycles. The molecule has 0 atom stereocenters. The lowest BCUT2D eigenvalue weighted by molar-refractivity contribution is -0.139. The quantitative estimate of drug-likeness (QED) is 0.619. The normalized spacial score (nSPS) is 9.62. The lowest BCUT2D eigenvalue weighted by atomic mass is 10.3. The highest BCUT2D eigenvalue weighted by atomic mass is 19.1. The largest absolute Gasteiger partial charge is 0.479 e. The third-order valence-electron chi connectivity index (χ3n) is 1.51. The summed E-state index contributed by atoms with van der Waals surface area (Å²) < 4.78 is 22.3. The molecule has 0 saturated carbocycles. The van der Waals surface area contributed by atoms with Gasteiger partial charge in [-0.2, -0.15) is 0 Å². The van der Waals surface area contributed by atoms with E-state index in [9.17, 15) is 14.0 Å². The number of hydrogen-bond acceptors (Lipinski definition) is 4. The molecule has 0 aromatic heterocycles. The molecule has 0 radical (unpaired) electrons. The van der Waals surface area contributed by atoms with Crippen LogP contribution in [-0.2, 0) is 9.59 Å². The van der Waals surface area contributed by atoms with Crippen molar-refractivity contribution in [3.63, 3.8) is 0 Å². The van der Waals surface area contributed by atoms with Crippen molar-refractivity contribution in [2.45, 2.75) is 6.92 Å². The second-order valence-electron chi connectivity index (χ2n) is 2.87. The van der Waals surface area contributed by atoms with Crippen LogP contribution in [0.2, 0.25) is 0 Å². The Hall–Kier alpha value is -2.11. The van der Waals surface area contributed by atoms with Crippen molar-refractivity contribution in [2.24, 2.45) is 0 Å². The summed E-state index contributed by atoms with van der Waals surface area (Å²) in [6, 6.07) is 3.21. The van der Waals surface area contributed by atoms with E-state index in [-0.39, 0.29) is 11.5 Å². The first kappa shape index (κ1) is 12.0. The molecule has 0 aliphatic carbocycles. The number of halogens is 1. The van der Waals surface area contributed by atoms with E-state index in [1.165, 1.54) is 6.07 Å². The molecule has 0 aliphatic rings. The van der Waals surface area contributed by atoms with Gasteiger partial charge in [-0.3, -0.25) is 4.79 Å². The van der Waals surface area contributed by atoms with E-state index in [1.807, 2.05) is 0 Å². The first-order valence-corrected chi connectivity index (χ1v) is 4.31. The molecule has 0 bridgehead atoms. The Kier molecular flexibility index (Phi) is 3.82. The summed E-state index contributed by atoms with van der Waals surface area (Å²) in [5, 5.41) is 8.40. The van der Waals surface area contributed by atoms with E-state index in [0.717, 1.165) is 19.1 Å². The highest BCUT2D eigenvalue weighted by Crippen LogP contribution is 2.27. The molecule has 6 heteroatoms. The van der Waals surface area contributed by atoms with Crippen LogP contribution in [0.3, 0.4) is 0 Å². The van der Waals surface area contributed by atoms with Crippen molar-refractivity contribution in [1.29, 1.82) is 0 Å². The van der Waals surface area contributed by atoms with Crippen LogP contribution in [0.15, 0.2) is 18.2 Å². The Morgan fingerprint density at radius 3 is 2.62 bits per heavy atom. The van der Waals surface area contributed by atoms with Crippen molar-refractivity contribution in [2.75, 3.05) is 6.61 Å². The third kappa shape index (κ3) is 3.56. The third-order valence-corrected chi connectivity index (χ3v) is 1.51. The van der Waals surface area contributed by atoms with Crippen LogP contribution in [0, 0.1) is 5.82 Å². The fraction of sp³-hybridized carbons (Fsp3) is 0.200. The zero-order valence-corrected chi connectivity index (χ0v) is 8.40. The summed E-state index contributed by atoms with van der Waals surface area (Å²) in [5.74, 6) is -2.59. The van der Waals surface area contributed by atoms with Crippen LogP contribution in [0.4, 0.5) is 4.39 Å². The minimum Gasteiger partial charge on any atom is -0.479 e. The van der Waals surface area contributed by atoms with Crippen LogP contribution in [-0.4, -0.2) is 23.7 Å². The van der Waals surface area contributed by atoms with Gasteiger partial charge in [0.1, 0.15) is 5.82 Å². The zero-order chi connectivity index (χ0) is 12.1. The number of carboxylic acids is 1. The molecule has 86 valence electrons. The second-order valence-corrected chi connectivity index (χ2v) is 2.87. The maximum absolute atomic E-state index is 12.8. The van der Waals surface area contributed by atoms with Crippen molar-refractivity contribution in [1.82, 2.24) is 0 Å². The maximum Gasteiger partial charge on any atom is 0.341 e. The standard InChI is InChI=1S/C10H9FO5/c1-6(12)16-9-4-7(11)2-3-8(9)15-5-10(13)14/h2-4H,5H2,1H3,(H,13,14). The van der Waals surface area contributed by atoms with Crippen LogP contribution < -0.4 is 9.47 Å².